The molecular weight excluding hydrogens is 488 g/mol. The van der Waals surface area contributed by atoms with Gasteiger partial charge in [0.2, 0.25) is 0 Å². The third kappa shape index (κ3) is 2.99. The quantitative estimate of drug-likeness (QED) is 0.216. The number of para-hydroxylation sites is 2. The third-order valence-electron chi connectivity index (χ3n) is 8.26. The molecule has 0 amide bonds. The van der Waals surface area contributed by atoms with Crippen molar-refractivity contribution in [2.75, 3.05) is 0 Å². The van der Waals surface area contributed by atoms with Crippen LogP contribution in [-0.2, 0) is 0 Å². The number of furan rings is 2. The first-order valence-corrected chi connectivity index (χ1v) is 13.6. The molecule has 0 unspecified atom stereocenters. The Morgan fingerprint density at radius 1 is 0.275 bits per heavy atom. The zero-order chi connectivity index (χ0) is 26.2. The van der Waals surface area contributed by atoms with Gasteiger partial charge in [0.1, 0.15) is 22.3 Å². The molecule has 2 heteroatoms. The van der Waals surface area contributed by atoms with Crippen LogP contribution in [0.15, 0.2) is 142 Å². The molecule has 0 bridgehead atoms. The largest absolute Gasteiger partial charge is 0.456 e. The van der Waals surface area contributed by atoms with Crippen molar-refractivity contribution >= 4 is 65.4 Å². The van der Waals surface area contributed by atoms with Crippen molar-refractivity contribution in [1.29, 1.82) is 0 Å². The Morgan fingerprint density at radius 2 is 0.675 bits per heavy atom. The molecule has 9 aromatic rings. The van der Waals surface area contributed by atoms with Gasteiger partial charge < -0.3 is 8.83 Å². The molecule has 0 fully saturated rings. The van der Waals surface area contributed by atoms with Gasteiger partial charge in [-0.05, 0) is 80.2 Å². The monoisotopic (exact) mass is 510 g/mol. The van der Waals surface area contributed by atoms with E-state index in [4.69, 9.17) is 8.83 Å². The molecule has 0 aliphatic rings. The van der Waals surface area contributed by atoms with Crippen molar-refractivity contribution < 1.29 is 8.83 Å². The van der Waals surface area contributed by atoms with Crippen molar-refractivity contribution in [3.8, 4) is 22.3 Å². The second kappa shape index (κ2) is 8.08. The van der Waals surface area contributed by atoms with Gasteiger partial charge in [0.15, 0.2) is 0 Å². The maximum absolute atomic E-state index is 6.29. The number of hydrogen-bond donors (Lipinski definition) is 0. The highest BCUT2D eigenvalue weighted by atomic mass is 16.3. The molecule has 0 spiro atoms. The molecule has 186 valence electrons. The van der Waals surface area contributed by atoms with Crippen LogP contribution in [0.5, 0.6) is 0 Å². The van der Waals surface area contributed by atoms with Crippen molar-refractivity contribution in [3.05, 3.63) is 133 Å². The summed E-state index contributed by atoms with van der Waals surface area (Å²) < 4.78 is 12.4. The van der Waals surface area contributed by atoms with E-state index >= 15 is 0 Å². The first-order valence-electron chi connectivity index (χ1n) is 13.6. The lowest BCUT2D eigenvalue weighted by atomic mass is 9.85. The predicted octanol–water partition coefficient (Wildman–Crippen LogP) is 11.1. The summed E-state index contributed by atoms with van der Waals surface area (Å²) in [6.45, 7) is 0. The van der Waals surface area contributed by atoms with Crippen LogP contribution in [0.4, 0.5) is 0 Å². The van der Waals surface area contributed by atoms with Crippen LogP contribution in [0.1, 0.15) is 0 Å². The standard InChI is InChI=1S/C38H22O2/c1-3-13-30-28(11-1)37(23-18-20-35-32(21-23)26-10-6-8-16-34(26)39-35)29-12-2-4-14-31(29)38(30)24-17-19-27-25-9-5-7-15-33(25)40-36(27)22-24/h1-22H. The molecule has 0 atom stereocenters. The molecule has 40 heavy (non-hydrogen) atoms. The van der Waals surface area contributed by atoms with Crippen LogP contribution in [0, 0.1) is 0 Å². The van der Waals surface area contributed by atoms with Gasteiger partial charge in [-0.2, -0.15) is 0 Å². The molecule has 0 radical (unpaired) electrons. The predicted molar refractivity (Wildman–Crippen MR) is 167 cm³/mol. The average Bonchev–Trinajstić information content (AvgIpc) is 3.57. The van der Waals surface area contributed by atoms with Gasteiger partial charge in [-0.3, -0.25) is 0 Å². The summed E-state index contributed by atoms with van der Waals surface area (Å²) in [5, 5.41) is 9.49. The number of hydrogen-bond acceptors (Lipinski definition) is 2. The van der Waals surface area contributed by atoms with E-state index in [9.17, 15) is 0 Å². The van der Waals surface area contributed by atoms with Gasteiger partial charge in [0, 0.05) is 21.5 Å². The van der Waals surface area contributed by atoms with Crippen molar-refractivity contribution in [1.82, 2.24) is 0 Å². The van der Waals surface area contributed by atoms with Gasteiger partial charge >= 0.3 is 0 Å². The van der Waals surface area contributed by atoms with Gasteiger partial charge in [-0.1, -0.05) is 97.1 Å². The van der Waals surface area contributed by atoms with Crippen LogP contribution in [0.3, 0.4) is 0 Å². The van der Waals surface area contributed by atoms with Crippen molar-refractivity contribution in [3.63, 3.8) is 0 Å². The molecule has 0 saturated heterocycles. The van der Waals surface area contributed by atoms with E-state index in [-0.39, 0.29) is 0 Å². The van der Waals surface area contributed by atoms with E-state index in [0.717, 1.165) is 49.4 Å². The molecule has 2 nitrogen and oxygen atoms in total. The Labute approximate surface area is 229 Å². The topological polar surface area (TPSA) is 26.3 Å². The first-order chi connectivity index (χ1) is 19.8. The lowest BCUT2D eigenvalue weighted by Crippen LogP contribution is -1.90. The summed E-state index contributed by atoms with van der Waals surface area (Å²) in [4.78, 5) is 0. The fourth-order valence-electron chi connectivity index (χ4n) is 6.51. The van der Waals surface area contributed by atoms with E-state index in [2.05, 4.69) is 109 Å². The zero-order valence-electron chi connectivity index (χ0n) is 21.5. The van der Waals surface area contributed by atoms with E-state index in [1.54, 1.807) is 0 Å². The maximum Gasteiger partial charge on any atom is 0.136 e. The maximum atomic E-state index is 6.29. The molecule has 0 saturated carbocycles. The fraction of sp³-hybridized carbons (Fsp3) is 0. The van der Waals surface area contributed by atoms with Gasteiger partial charge in [-0.15, -0.1) is 0 Å². The first kappa shape index (κ1) is 21.6. The highest BCUT2D eigenvalue weighted by Gasteiger charge is 2.18. The minimum Gasteiger partial charge on any atom is -0.456 e. The normalized spacial score (nSPS) is 12.0. The Morgan fingerprint density at radius 3 is 1.27 bits per heavy atom. The molecule has 2 aromatic heterocycles. The molecule has 0 N–H and O–H groups in total. The van der Waals surface area contributed by atoms with Crippen LogP contribution in [0.2, 0.25) is 0 Å². The van der Waals surface area contributed by atoms with Crippen LogP contribution in [-0.4, -0.2) is 0 Å². The number of fused-ring (bicyclic) bond motifs is 8. The summed E-state index contributed by atoms with van der Waals surface area (Å²) in [5.74, 6) is 0. The van der Waals surface area contributed by atoms with Crippen LogP contribution in [0.25, 0.3) is 87.7 Å². The summed E-state index contributed by atoms with van der Waals surface area (Å²) in [7, 11) is 0. The van der Waals surface area contributed by atoms with Crippen LogP contribution >= 0.6 is 0 Å². The lowest BCUT2D eigenvalue weighted by Gasteiger charge is -2.17. The molecule has 9 rings (SSSR count). The summed E-state index contributed by atoms with van der Waals surface area (Å²) in [6.07, 6.45) is 0. The smallest absolute Gasteiger partial charge is 0.136 e. The van der Waals surface area contributed by atoms with Crippen molar-refractivity contribution in [2.24, 2.45) is 0 Å². The van der Waals surface area contributed by atoms with E-state index < -0.39 is 0 Å². The molecule has 0 aliphatic heterocycles. The zero-order valence-corrected chi connectivity index (χ0v) is 21.5. The van der Waals surface area contributed by atoms with E-state index in [1.807, 2.05) is 24.3 Å². The lowest BCUT2D eigenvalue weighted by molar-refractivity contribution is 0.668. The van der Waals surface area contributed by atoms with Gasteiger partial charge in [0.25, 0.3) is 0 Å². The SMILES string of the molecule is c1ccc2c(c1)oc1cc(-c3c4ccccc4c(-c4ccc5oc6ccccc6c5c4)c4ccccc34)ccc12. The Kier molecular flexibility index (Phi) is 4.36. The highest BCUT2D eigenvalue weighted by Crippen LogP contribution is 2.45. The summed E-state index contributed by atoms with van der Waals surface area (Å²) >= 11 is 0. The van der Waals surface area contributed by atoms with E-state index in [1.165, 1.54) is 38.2 Å². The van der Waals surface area contributed by atoms with Gasteiger partial charge in [-0.25, -0.2) is 0 Å². The minimum atomic E-state index is 0.910. The van der Waals surface area contributed by atoms with Crippen LogP contribution < -0.4 is 0 Å². The highest BCUT2D eigenvalue weighted by molar-refractivity contribution is 6.22. The fourth-order valence-corrected chi connectivity index (χ4v) is 6.51. The number of rotatable bonds is 2. The molecule has 2 heterocycles. The molecule has 7 aromatic carbocycles. The Balaban J connectivity index is 1.37. The average molecular weight is 511 g/mol. The Bertz CT molecular complexity index is 2380. The summed E-state index contributed by atoms with van der Waals surface area (Å²) in [6, 6.07) is 47.3. The second-order valence-corrected chi connectivity index (χ2v) is 10.5. The second-order valence-electron chi connectivity index (χ2n) is 10.5. The van der Waals surface area contributed by atoms with Gasteiger partial charge in [0.05, 0.1) is 0 Å². The molecular formula is C38H22O2. The molecule has 0 aliphatic carbocycles. The van der Waals surface area contributed by atoms with E-state index in [0.29, 0.717) is 0 Å². The minimum absolute atomic E-state index is 0.910. The summed E-state index contributed by atoms with van der Waals surface area (Å²) in [5.41, 5.74) is 8.47. The van der Waals surface area contributed by atoms with Crippen molar-refractivity contribution in [2.45, 2.75) is 0 Å². The number of benzene rings is 7. The Hall–Kier alpha value is -5.34. The third-order valence-corrected chi connectivity index (χ3v) is 8.26.